The molecule has 1 spiro atoms. The topological polar surface area (TPSA) is 102 Å². The zero-order chi connectivity index (χ0) is 31.0. The number of halogens is 2. The molecule has 0 radical (unpaired) electrons. The predicted molar refractivity (Wildman–Crippen MR) is 159 cm³/mol. The van der Waals surface area contributed by atoms with Gasteiger partial charge in [0.1, 0.15) is 17.2 Å². The third kappa shape index (κ3) is 5.24. The van der Waals surface area contributed by atoms with Gasteiger partial charge in [0.15, 0.2) is 17.0 Å². The van der Waals surface area contributed by atoms with E-state index in [0.29, 0.717) is 32.2 Å². The van der Waals surface area contributed by atoms with Crippen molar-refractivity contribution in [3.63, 3.8) is 0 Å². The first-order valence-corrected chi connectivity index (χ1v) is 15.0. The third-order valence-corrected chi connectivity index (χ3v) is 8.84. The second-order valence-electron chi connectivity index (χ2n) is 11.7. The summed E-state index contributed by atoms with van der Waals surface area (Å²) in [4.78, 5) is 49.3. The highest BCUT2D eigenvalue weighted by atomic mass is 19.1. The summed E-state index contributed by atoms with van der Waals surface area (Å²) in [6, 6.07) is 12.2. The van der Waals surface area contributed by atoms with Gasteiger partial charge in [-0.05, 0) is 37.8 Å². The second-order valence-corrected chi connectivity index (χ2v) is 11.7. The summed E-state index contributed by atoms with van der Waals surface area (Å²) in [5.74, 6) is -2.86. The molecule has 2 bridgehead atoms. The van der Waals surface area contributed by atoms with Gasteiger partial charge in [-0.3, -0.25) is 14.4 Å². The lowest BCUT2D eigenvalue weighted by Crippen LogP contribution is -2.52. The Morgan fingerprint density at radius 1 is 1.18 bits per heavy atom. The lowest BCUT2D eigenvalue weighted by Gasteiger charge is -2.42. The van der Waals surface area contributed by atoms with E-state index in [2.05, 4.69) is 10.5 Å². The molecular weight excluding hydrogens is 570 g/mol. The number of fused-ring (bicyclic) bond motifs is 5. The van der Waals surface area contributed by atoms with Gasteiger partial charge in [-0.25, -0.2) is 8.78 Å². The molecular formula is C33H34F2N4O5. The summed E-state index contributed by atoms with van der Waals surface area (Å²) in [6.07, 6.45) is 4.54. The number of benzene rings is 2. The molecule has 3 atom stereocenters. The Morgan fingerprint density at radius 2 is 1.98 bits per heavy atom. The van der Waals surface area contributed by atoms with Crippen LogP contribution in [-0.4, -0.2) is 51.8 Å². The Bertz CT molecular complexity index is 1690. The number of nitrogens with one attached hydrogen (secondary N) is 1. The molecule has 3 aromatic rings. The van der Waals surface area contributed by atoms with Crippen molar-refractivity contribution < 1.29 is 27.9 Å². The highest BCUT2D eigenvalue weighted by Crippen LogP contribution is 2.47. The number of aromatic nitrogens is 1. The van der Waals surface area contributed by atoms with Crippen LogP contribution in [0.3, 0.4) is 0 Å². The van der Waals surface area contributed by atoms with E-state index in [0.717, 1.165) is 29.8 Å². The Hall–Kier alpha value is -4.54. The molecule has 3 aliphatic heterocycles. The van der Waals surface area contributed by atoms with Gasteiger partial charge in [0.25, 0.3) is 11.8 Å². The van der Waals surface area contributed by atoms with Crippen LogP contribution < -0.4 is 15.5 Å². The third-order valence-electron chi connectivity index (χ3n) is 8.84. The Balaban J connectivity index is 1.43. The molecule has 0 unspecified atom stereocenters. The van der Waals surface area contributed by atoms with Gasteiger partial charge in [0.2, 0.25) is 5.43 Å². The Labute approximate surface area is 253 Å². The fourth-order valence-corrected chi connectivity index (χ4v) is 6.27. The summed E-state index contributed by atoms with van der Waals surface area (Å²) >= 11 is 0. The molecule has 44 heavy (non-hydrogen) atoms. The van der Waals surface area contributed by atoms with Gasteiger partial charge < -0.3 is 24.4 Å². The number of rotatable bonds is 8. The van der Waals surface area contributed by atoms with Crippen molar-refractivity contribution in [3.05, 3.63) is 99.0 Å². The molecule has 2 amide bonds. The molecule has 11 heteroatoms. The molecule has 230 valence electrons. The van der Waals surface area contributed by atoms with E-state index in [1.165, 1.54) is 12.3 Å². The number of nitrogens with zero attached hydrogens (tertiary/aromatic N) is 3. The van der Waals surface area contributed by atoms with Gasteiger partial charge >= 0.3 is 0 Å². The average molecular weight is 605 g/mol. The highest BCUT2D eigenvalue weighted by molar-refractivity contribution is 6.02. The molecule has 4 heterocycles. The number of ether oxygens (including phenoxy) is 1. The molecule has 3 aliphatic rings. The van der Waals surface area contributed by atoms with E-state index >= 15 is 0 Å². The summed E-state index contributed by atoms with van der Waals surface area (Å²) in [5.41, 5.74) is 0.0291. The average Bonchev–Trinajstić information content (AvgIpc) is 3.41. The standard InChI is InChI=1S/C33H34F2N4O5/c1-3-4-14-43-30-28-32(42)38-19-27(33(13-12-20(38)2)16-26(37-44-33)21-8-6-5-7-9-21)39(28)18-24(29(30)40)31(41)36-17-22-10-11-23(34)15-25(22)35/h5-11,15,18,20,27H,3-4,12-14,16-17,19H2,1-2H3,(H,36,41)/t20-,27+,33-/m0/s1. The van der Waals surface area contributed by atoms with E-state index in [4.69, 9.17) is 9.57 Å². The maximum Gasteiger partial charge on any atom is 0.274 e. The fraction of sp³-hybridized carbons (Fsp3) is 0.394. The zero-order valence-corrected chi connectivity index (χ0v) is 24.6. The number of oxime groups is 1. The first-order valence-electron chi connectivity index (χ1n) is 15.0. The minimum Gasteiger partial charge on any atom is -0.487 e. The SMILES string of the molecule is CCCCOc1c2n(cc(C(=O)NCc3ccc(F)cc3F)c1=O)[C@@H]1CN(C2=O)[C@@H](C)CC[C@]12CC(c1ccccc1)=NO2. The van der Waals surface area contributed by atoms with Crippen LogP contribution in [0.1, 0.15) is 84.0 Å². The van der Waals surface area contributed by atoms with Gasteiger partial charge in [0.05, 0.1) is 18.4 Å². The molecule has 6 rings (SSSR count). The molecule has 1 N–H and O–H groups in total. The highest BCUT2D eigenvalue weighted by Gasteiger charge is 2.54. The van der Waals surface area contributed by atoms with Crippen molar-refractivity contribution in [2.75, 3.05) is 13.2 Å². The number of hydrogen-bond donors (Lipinski definition) is 1. The molecule has 2 aromatic carbocycles. The number of carbonyl (C=O) groups excluding carboxylic acids is 2. The number of unbranched alkanes of at least 4 members (excludes halogenated alkanes) is 1. The van der Waals surface area contributed by atoms with Crippen molar-refractivity contribution in [3.8, 4) is 5.75 Å². The molecule has 1 fully saturated rings. The van der Waals surface area contributed by atoms with Crippen LogP contribution in [0.15, 0.2) is 64.7 Å². The van der Waals surface area contributed by atoms with Crippen LogP contribution >= 0.6 is 0 Å². The largest absolute Gasteiger partial charge is 0.487 e. The quantitative estimate of drug-likeness (QED) is 0.366. The van der Waals surface area contributed by atoms with E-state index in [1.807, 2.05) is 44.2 Å². The maximum absolute atomic E-state index is 14.3. The van der Waals surface area contributed by atoms with Crippen molar-refractivity contribution in [2.45, 2.75) is 70.2 Å². The second kappa shape index (κ2) is 11.9. The monoisotopic (exact) mass is 604 g/mol. The minimum absolute atomic E-state index is 0.0599. The molecule has 9 nitrogen and oxygen atoms in total. The summed E-state index contributed by atoms with van der Waals surface area (Å²) in [7, 11) is 0. The van der Waals surface area contributed by atoms with Crippen LogP contribution in [0.4, 0.5) is 8.78 Å². The predicted octanol–water partition coefficient (Wildman–Crippen LogP) is 4.98. The molecule has 0 saturated carbocycles. The van der Waals surface area contributed by atoms with Gasteiger partial charge in [-0.1, -0.05) is 54.9 Å². The minimum atomic E-state index is -0.843. The van der Waals surface area contributed by atoms with Crippen LogP contribution in [0, 0.1) is 11.6 Å². The van der Waals surface area contributed by atoms with Crippen LogP contribution in [0.25, 0.3) is 0 Å². The maximum atomic E-state index is 14.3. The van der Waals surface area contributed by atoms with Crippen LogP contribution in [-0.2, 0) is 11.4 Å². The van der Waals surface area contributed by atoms with E-state index in [1.54, 1.807) is 9.47 Å². The van der Waals surface area contributed by atoms with E-state index in [-0.39, 0.29) is 47.7 Å². The van der Waals surface area contributed by atoms with Crippen molar-refractivity contribution >= 4 is 17.5 Å². The lowest BCUT2D eigenvalue weighted by atomic mass is 9.83. The first kappa shape index (κ1) is 29.5. The Kier molecular flexibility index (Phi) is 7.96. The number of carbonyl (C=O) groups is 2. The lowest BCUT2D eigenvalue weighted by molar-refractivity contribution is -0.0656. The summed E-state index contributed by atoms with van der Waals surface area (Å²) < 4.78 is 35.3. The van der Waals surface area contributed by atoms with E-state index in [9.17, 15) is 23.2 Å². The van der Waals surface area contributed by atoms with E-state index < -0.39 is 34.6 Å². The van der Waals surface area contributed by atoms with Crippen LogP contribution in [0.2, 0.25) is 0 Å². The summed E-state index contributed by atoms with van der Waals surface area (Å²) in [6.45, 7) is 4.16. The van der Waals surface area contributed by atoms with Crippen molar-refractivity contribution in [1.29, 1.82) is 0 Å². The van der Waals surface area contributed by atoms with Gasteiger partial charge in [-0.2, -0.15) is 0 Å². The Morgan fingerprint density at radius 3 is 2.73 bits per heavy atom. The number of amides is 2. The summed E-state index contributed by atoms with van der Waals surface area (Å²) in [5, 5.41) is 7.06. The zero-order valence-electron chi connectivity index (χ0n) is 24.6. The fourth-order valence-electron chi connectivity index (χ4n) is 6.27. The number of pyridine rings is 1. The number of hydrogen-bond acceptors (Lipinski definition) is 6. The smallest absolute Gasteiger partial charge is 0.274 e. The molecule has 1 saturated heterocycles. The van der Waals surface area contributed by atoms with Gasteiger partial charge in [-0.15, -0.1) is 0 Å². The van der Waals surface area contributed by atoms with Gasteiger partial charge in [0, 0.05) is 43.4 Å². The van der Waals surface area contributed by atoms with Crippen molar-refractivity contribution in [1.82, 2.24) is 14.8 Å². The molecule has 1 aromatic heterocycles. The normalized spacial score (nSPS) is 22.2. The van der Waals surface area contributed by atoms with Crippen LogP contribution in [0.5, 0.6) is 5.75 Å². The first-order chi connectivity index (χ1) is 21.2. The van der Waals surface area contributed by atoms with Crippen molar-refractivity contribution in [2.24, 2.45) is 5.16 Å². The molecule has 0 aliphatic carbocycles.